The van der Waals surface area contributed by atoms with E-state index in [0.29, 0.717) is 32.7 Å². The van der Waals surface area contributed by atoms with Crippen molar-refractivity contribution in [2.75, 3.05) is 0 Å². The quantitative estimate of drug-likeness (QED) is 0.722. The smallest absolute Gasteiger partial charge is 0.307 e. The number of carbonyl (C=O) groups is 2. The monoisotopic (exact) mass is 313 g/mol. The van der Waals surface area contributed by atoms with E-state index in [2.05, 4.69) is 4.98 Å². The van der Waals surface area contributed by atoms with Crippen LogP contribution in [0.15, 0.2) is 48.5 Å². The van der Waals surface area contributed by atoms with Crippen molar-refractivity contribution in [1.82, 2.24) is 4.98 Å². The molecule has 0 saturated heterocycles. The number of carbonyl (C=O) groups excluding carboxylic acids is 1. The number of benzene rings is 2. The molecule has 1 heterocycles. The van der Waals surface area contributed by atoms with Crippen LogP contribution in [0.5, 0.6) is 0 Å². The van der Waals surface area contributed by atoms with Gasteiger partial charge in [-0.05, 0) is 12.1 Å². The van der Waals surface area contributed by atoms with E-state index < -0.39 is 5.97 Å². The summed E-state index contributed by atoms with van der Waals surface area (Å²) in [6, 6.07) is 13.8. The van der Waals surface area contributed by atoms with E-state index in [-0.39, 0.29) is 12.2 Å². The third kappa shape index (κ3) is 2.61. The molecule has 0 fully saturated rings. The maximum atomic E-state index is 12.6. The van der Waals surface area contributed by atoms with Gasteiger partial charge >= 0.3 is 5.97 Å². The highest BCUT2D eigenvalue weighted by atomic mass is 35.5. The summed E-state index contributed by atoms with van der Waals surface area (Å²) in [6.45, 7) is 0. The average Bonchev–Trinajstić information content (AvgIpc) is 2.84. The molecular formula is C17H12ClNO3. The number of nitrogens with one attached hydrogen (secondary N) is 1. The summed E-state index contributed by atoms with van der Waals surface area (Å²) in [7, 11) is 0. The highest BCUT2D eigenvalue weighted by Crippen LogP contribution is 2.27. The molecule has 4 nitrogen and oxygen atoms in total. The van der Waals surface area contributed by atoms with Gasteiger partial charge in [-0.1, -0.05) is 48.0 Å². The van der Waals surface area contributed by atoms with Crippen LogP contribution in [0.1, 0.15) is 21.6 Å². The molecule has 0 radical (unpaired) electrons. The van der Waals surface area contributed by atoms with Gasteiger partial charge in [-0.2, -0.15) is 0 Å². The van der Waals surface area contributed by atoms with Crippen molar-refractivity contribution in [2.24, 2.45) is 0 Å². The Hall–Kier alpha value is -2.59. The molecule has 0 aliphatic carbocycles. The minimum absolute atomic E-state index is 0.227. The van der Waals surface area contributed by atoms with E-state index in [1.165, 1.54) is 0 Å². The predicted molar refractivity (Wildman–Crippen MR) is 84.5 cm³/mol. The second-order valence-corrected chi connectivity index (χ2v) is 5.37. The molecule has 3 rings (SSSR count). The first-order valence-electron chi connectivity index (χ1n) is 6.68. The van der Waals surface area contributed by atoms with Gasteiger partial charge < -0.3 is 10.1 Å². The minimum atomic E-state index is -0.988. The summed E-state index contributed by atoms with van der Waals surface area (Å²) >= 11 is 5.96. The fraction of sp³-hybridized carbons (Fsp3) is 0.0588. The van der Waals surface area contributed by atoms with Gasteiger partial charge in [-0.3, -0.25) is 9.59 Å². The zero-order valence-corrected chi connectivity index (χ0v) is 12.2. The maximum absolute atomic E-state index is 12.6. The number of aromatic amines is 1. The van der Waals surface area contributed by atoms with Crippen molar-refractivity contribution in [2.45, 2.75) is 6.42 Å². The van der Waals surface area contributed by atoms with Crippen molar-refractivity contribution in [3.63, 3.8) is 0 Å². The highest BCUT2D eigenvalue weighted by molar-refractivity contribution is 6.31. The first-order valence-corrected chi connectivity index (χ1v) is 7.05. The molecule has 2 aromatic carbocycles. The zero-order chi connectivity index (χ0) is 15.7. The van der Waals surface area contributed by atoms with Gasteiger partial charge in [0.2, 0.25) is 5.78 Å². The molecule has 5 heteroatoms. The number of carboxylic acid groups (broad SMARTS) is 1. The van der Waals surface area contributed by atoms with E-state index in [9.17, 15) is 9.59 Å². The number of aromatic nitrogens is 1. The lowest BCUT2D eigenvalue weighted by molar-refractivity contribution is -0.136. The summed E-state index contributed by atoms with van der Waals surface area (Å²) in [5, 5.41) is 10.3. The number of halogens is 1. The molecule has 0 amide bonds. The molecule has 3 aromatic rings. The number of H-pyrrole nitrogens is 1. The van der Waals surface area contributed by atoms with E-state index in [1.54, 1.807) is 42.5 Å². The Morgan fingerprint density at radius 1 is 1.09 bits per heavy atom. The Morgan fingerprint density at radius 2 is 1.82 bits per heavy atom. The molecule has 0 aliphatic rings. The predicted octanol–water partition coefficient (Wildman–Crippen LogP) is 3.68. The maximum Gasteiger partial charge on any atom is 0.307 e. The summed E-state index contributed by atoms with van der Waals surface area (Å²) in [6.07, 6.45) is -0.227. The van der Waals surface area contributed by atoms with Crippen LogP contribution in [-0.2, 0) is 11.2 Å². The average molecular weight is 314 g/mol. The topological polar surface area (TPSA) is 70.2 Å². The van der Waals surface area contributed by atoms with Gasteiger partial charge in [0.15, 0.2) is 0 Å². The zero-order valence-electron chi connectivity index (χ0n) is 11.5. The number of hydrogen-bond acceptors (Lipinski definition) is 2. The van der Waals surface area contributed by atoms with Crippen molar-refractivity contribution in [1.29, 1.82) is 0 Å². The molecule has 0 saturated carbocycles. The number of hydrogen-bond donors (Lipinski definition) is 2. The minimum Gasteiger partial charge on any atom is -0.481 e. The number of aliphatic carboxylic acids is 1. The molecule has 110 valence electrons. The van der Waals surface area contributed by atoms with Gasteiger partial charge in [0.25, 0.3) is 0 Å². The fourth-order valence-corrected chi connectivity index (χ4v) is 2.66. The molecule has 0 aliphatic heterocycles. The van der Waals surface area contributed by atoms with Gasteiger partial charge in [0.1, 0.15) is 0 Å². The molecule has 0 bridgehead atoms. The van der Waals surface area contributed by atoms with E-state index in [4.69, 9.17) is 16.7 Å². The van der Waals surface area contributed by atoms with E-state index in [1.807, 2.05) is 6.07 Å². The van der Waals surface area contributed by atoms with Crippen molar-refractivity contribution >= 4 is 34.3 Å². The lowest BCUT2D eigenvalue weighted by Crippen LogP contribution is -2.08. The second kappa shape index (κ2) is 5.66. The van der Waals surface area contributed by atoms with Gasteiger partial charge in [0, 0.05) is 27.1 Å². The Kier molecular flexibility index (Phi) is 3.69. The highest BCUT2D eigenvalue weighted by Gasteiger charge is 2.20. The SMILES string of the molecule is O=C(O)Cc1c(C(=O)c2ccccc2)[nH]c2cc(Cl)ccc12. The summed E-state index contributed by atoms with van der Waals surface area (Å²) < 4.78 is 0. The van der Waals surface area contributed by atoms with Crippen LogP contribution in [0.3, 0.4) is 0 Å². The molecular weight excluding hydrogens is 302 g/mol. The molecule has 1 aromatic heterocycles. The lowest BCUT2D eigenvalue weighted by Gasteiger charge is -2.02. The Labute approximate surface area is 131 Å². The third-order valence-electron chi connectivity index (χ3n) is 3.46. The van der Waals surface area contributed by atoms with Crippen LogP contribution in [0, 0.1) is 0 Å². The van der Waals surface area contributed by atoms with Crippen molar-refractivity contribution in [3.05, 3.63) is 70.4 Å². The molecule has 0 atom stereocenters. The number of rotatable bonds is 4. The number of fused-ring (bicyclic) bond motifs is 1. The lowest BCUT2D eigenvalue weighted by atomic mass is 10.0. The molecule has 22 heavy (non-hydrogen) atoms. The second-order valence-electron chi connectivity index (χ2n) is 4.93. The standard InChI is InChI=1S/C17H12ClNO3/c18-11-6-7-12-13(9-15(20)21)16(19-14(12)8-11)17(22)10-4-2-1-3-5-10/h1-8,19H,9H2,(H,20,21). The summed E-state index contributed by atoms with van der Waals surface area (Å²) in [5.74, 6) is -1.22. The first kappa shape index (κ1) is 14.4. The van der Waals surface area contributed by atoms with Gasteiger partial charge in [0.05, 0.1) is 12.1 Å². The van der Waals surface area contributed by atoms with E-state index in [0.717, 1.165) is 0 Å². The molecule has 0 unspecified atom stereocenters. The van der Waals surface area contributed by atoms with Gasteiger partial charge in [-0.15, -0.1) is 0 Å². The normalized spacial score (nSPS) is 10.8. The van der Waals surface area contributed by atoms with Crippen molar-refractivity contribution in [3.8, 4) is 0 Å². The van der Waals surface area contributed by atoms with Crippen molar-refractivity contribution < 1.29 is 14.7 Å². The number of ketones is 1. The van der Waals surface area contributed by atoms with Crippen LogP contribution in [0.2, 0.25) is 5.02 Å². The Bertz CT molecular complexity index is 868. The van der Waals surface area contributed by atoms with Gasteiger partial charge in [-0.25, -0.2) is 0 Å². The van der Waals surface area contributed by atoms with Crippen LogP contribution >= 0.6 is 11.6 Å². The fourth-order valence-electron chi connectivity index (χ4n) is 2.49. The first-order chi connectivity index (χ1) is 10.6. The number of carboxylic acids is 1. The summed E-state index contributed by atoms with van der Waals surface area (Å²) in [4.78, 5) is 26.8. The molecule has 2 N–H and O–H groups in total. The van der Waals surface area contributed by atoms with Crippen LogP contribution in [-0.4, -0.2) is 21.8 Å². The Morgan fingerprint density at radius 3 is 2.50 bits per heavy atom. The summed E-state index contributed by atoms with van der Waals surface area (Å²) in [5.41, 5.74) is 1.94. The van der Waals surface area contributed by atoms with Crippen LogP contribution in [0.25, 0.3) is 10.9 Å². The van der Waals surface area contributed by atoms with Crippen LogP contribution in [0.4, 0.5) is 0 Å². The largest absolute Gasteiger partial charge is 0.481 e. The molecule has 0 spiro atoms. The Balaban J connectivity index is 2.19. The van der Waals surface area contributed by atoms with E-state index >= 15 is 0 Å². The third-order valence-corrected chi connectivity index (χ3v) is 3.69. The van der Waals surface area contributed by atoms with Crippen LogP contribution < -0.4 is 0 Å².